The van der Waals surface area contributed by atoms with Crippen molar-refractivity contribution in [3.8, 4) is 0 Å². The van der Waals surface area contributed by atoms with Crippen LogP contribution in [0.15, 0.2) is 29.8 Å². The molecule has 0 bridgehead atoms. The molecule has 3 rings (SSSR count). The zero-order valence-corrected chi connectivity index (χ0v) is 15.7. The van der Waals surface area contributed by atoms with Crippen molar-refractivity contribution in [2.24, 2.45) is 0 Å². The molecule has 1 unspecified atom stereocenters. The maximum Gasteiger partial charge on any atom is 0.338 e. The Labute approximate surface area is 154 Å². The van der Waals surface area contributed by atoms with Gasteiger partial charge < -0.3 is 9.84 Å². The molecule has 1 fully saturated rings. The largest absolute Gasteiger partial charge is 0.463 e. The highest BCUT2D eigenvalue weighted by molar-refractivity contribution is 6.32. The van der Waals surface area contributed by atoms with Crippen molar-refractivity contribution in [2.75, 3.05) is 13.2 Å². The minimum atomic E-state index is -1.34. The first-order valence-electron chi connectivity index (χ1n) is 9.11. The van der Waals surface area contributed by atoms with Gasteiger partial charge in [-0.15, -0.1) is 0 Å². The lowest BCUT2D eigenvalue weighted by molar-refractivity contribution is -0.145. The van der Waals surface area contributed by atoms with Crippen molar-refractivity contribution < 1.29 is 14.6 Å². The minimum Gasteiger partial charge on any atom is -0.463 e. The minimum absolute atomic E-state index is 0.271. The van der Waals surface area contributed by atoms with E-state index < -0.39 is 11.7 Å². The van der Waals surface area contributed by atoms with Crippen molar-refractivity contribution in [1.29, 1.82) is 0 Å². The number of hydrogen-bond donors (Lipinski definition) is 1. The van der Waals surface area contributed by atoms with Crippen LogP contribution in [0.2, 0.25) is 5.02 Å². The molecule has 25 heavy (non-hydrogen) atoms. The van der Waals surface area contributed by atoms with Crippen molar-refractivity contribution in [3.63, 3.8) is 0 Å². The average Bonchev–Trinajstić information content (AvgIpc) is 2.87. The van der Waals surface area contributed by atoms with Crippen LogP contribution in [0, 0.1) is 0 Å². The maximum atomic E-state index is 12.7. The first kappa shape index (κ1) is 18.4. The van der Waals surface area contributed by atoms with Crippen LogP contribution in [0.3, 0.4) is 0 Å². The second kappa shape index (κ2) is 7.48. The zero-order chi connectivity index (χ0) is 18.0. The number of aliphatic hydroxyl groups is 1. The number of hydrogen-bond acceptors (Lipinski definition) is 4. The van der Waals surface area contributed by atoms with E-state index >= 15 is 0 Å². The average molecular weight is 364 g/mol. The second-order valence-electron chi connectivity index (χ2n) is 6.99. The molecule has 1 heterocycles. The standard InChI is InChI=1S/C20H26ClNO3/c1-3-25-19(23)18-16(15-11-7-8-12-17(15)21)13-22(20(18,2)24)14-9-5-4-6-10-14/h7-8,11-12,14,24H,3-6,9-10,13H2,1-2H3. The van der Waals surface area contributed by atoms with E-state index in [-0.39, 0.29) is 12.6 Å². The summed E-state index contributed by atoms with van der Waals surface area (Å²) in [4.78, 5) is 14.7. The number of ether oxygens (including phenoxy) is 1. The quantitative estimate of drug-likeness (QED) is 0.821. The summed E-state index contributed by atoms with van der Waals surface area (Å²) >= 11 is 6.39. The molecule has 0 aromatic heterocycles. The van der Waals surface area contributed by atoms with Crippen LogP contribution in [-0.2, 0) is 9.53 Å². The second-order valence-corrected chi connectivity index (χ2v) is 7.40. The Bertz CT molecular complexity index is 677. The molecule has 0 saturated heterocycles. The van der Waals surface area contributed by atoms with E-state index in [0.717, 1.165) is 36.8 Å². The third-order valence-corrected chi connectivity index (χ3v) is 5.69. The van der Waals surface area contributed by atoms with Gasteiger partial charge in [0.25, 0.3) is 0 Å². The lowest BCUT2D eigenvalue weighted by atomic mass is 9.92. The van der Waals surface area contributed by atoms with Crippen LogP contribution < -0.4 is 0 Å². The Morgan fingerprint density at radius 3 is 2.64 bits per heavy atom. The Balaban J connectivity index is 2.04. The molecule has 1 aliphatic heterocycles. The van der Waals surface area contributed by atoms with Gasteiger partial charge in [0.2, 0.25) is 0 Å². The zero-order valence-electron chi connectivity index (χ0n) is 14.9. The van der Waals surface area contributed by atoms with Gasteiger partial charge in [0.15, 0.2) is 0 Å². The predicted molar refractivity (Wildman–Crippen MR) is 99.2 cm³/mol. The third-order valence-electron chi connectivity index (χ3n) is 5.36. The molecule has 0 radical (unpaired) electrons. The van der Waals surface area contributed by atoms with Gasteiger partial charge in [-0.3, -0.25) is 4.90 Å². The summed E-state index contributed by atoms with van der Waals surface area (Å²) in [7, 11) is 0. The lowest BCUT2D eigenvalue weighted by Crippen LogP contribution is -2.51. The fourth-order valence-electron chi connectivity index (χ4n) is 4.16. The van der Waals surface area contributed by atoms with Crippen LogP contribution in [0.1, 0.15) is 51.5 Å². The summed E-state index contributed by atoms with van der Waals surface area (Å²) in [5, 5.41) is 11.9. The molecule has 1 aromatic carbocycles. The smallest absolute Gasteiger partial charge is 0.338 e. The van der Waals surface area contributed by atoms with E-state index in [9.17, 15) is 9.90 Å². The molecular weight excluding hydrogens is 338 g/mol. The van der Waals surface area contributed by atoms with E-state index in [0.29, 0.717) is 17.1 Å². The van der Waals surface area contributed by atoms with E-state index in [2.05, 4.69) is 4.90 Å². The number of halogens is 1. The van der Waals surface area contributed by atoms with Gasteiger partial charge in [-0.05, 0) is 43.9 Å². The molecule has 0 spiro atoms. The normalized spacial score (nSPS) is 25.4. The van der Waals surface area contributed by atoms with Gasteiger partial charge in [-0.25, -0.2) is 4.79 Å². The molecule has 136 valence electrons. The van der Waals surface area contributed by atoms with Crippen LogP contribution >= 0.6 is 11.6 Å². The molecule has 1 aromatic rings. The molecule has 1 N–H and O–H groups in total. The van der Waals surface area contributed by atoms with E-state index in [1.165, 1.54) is 6.42 Å². The summed E-state index contributed by atoms with van der Waals surface area (Å²) in [5.74, 6) is -0.458. The Morgan fingerprint density at radius 2 is 2.00 bits per heavy atom. The van der Waals surface area contributed by atoms with Crippen LogP contribution in [0.5, 0.6) is 0 Å². The Morgan fingerprint density at radius 1 is 1.32 bits per heavy atom. The van der Waals surface area contributed by atoms with Crippen LogP contribution in [0.25, 0.3) is 5.57 Å². The van der Waals surface area contributed by atoms with Crippen LogP contribution in [-0.4, -0.2) is 40.9 Å². The highest BCUT2D eigenvalue weighted by Gasteiger charge is 2.49. The van der Waals surface area contributed by atoms with E-state index in [1.54, 1.807) is 13.8 Å². The highest BCUT2D eigenvalue weighted by atomic mass is 35.5. The van der Waals surface area contributed by atoms with Gasteiger partial charge in [0, 0.05) is 17.6 Å². The fraction of sp³-hybridized carbons (Fsp3) is 0.550. The monoisotopic (exact) mass is 363 g/mol. The van der Waals surface area contributed by atoms with Gasteiger partial charge in [0.05, 0.1) is 12.2 Å². The molecule has 4 nitrogen and oxygen atoms in total. The topological polar surface area (TPSA) is 49.8 Å². The number of benzene rings is 1. The Kier molecular flexibility index (Phi) is 5.52. The third kappa shape index (κ3) is 3.48. The fourth-order valence-corrected chi connectivity index (χ4v) is 4.41. The van der Waals surface area contributed by atoms with E-state index in [4.69, 9.17) is 16.3 Å². The predicted octanol–water partition coefficient (Wildman–Crippen LogP) is 4.01. The number of carbonyl (C=O) groups is 1. The van der Waals surface area contributed by atoms with Gasteiger partial charge in [0.1, 0.15) is 5.72 Å². The molecular formula is C20H26ClNO3. The van der Waals surface area contributed by atoms with Gasteiger partial charge >= 0.3 is 5.97 Å². The summed E-state index contributed by atoms with van der Waals surface area (Å²) in [6.45, 7) is 4.26. The molecule has 0 amide bonds. The van der Waals surface area contributed by atoms with Crippen molar-refractivity contribution in [1.82, 2.24) is 4.90 Å². The number of rotatable bonds is 4. The number of carbonyl (C=O) groups excluding carboxylic acids is 1. The number of nitrogens with zero attached hydrogens (tertiary/aromatic N) is 1. The molecule has 1 atom stereocenters. The summed E-state index contributed by atoms with van der Waals surface area (Å²) in [6.07, 6.45) is 5.65. The van der Waals surface area contributed by atoms with Gasteiger partial charge in [-0.1, -0.05) is 49.1 Å². The van der Waals surface area contributed by atoms with Gasteiger partial charge in [-0.2, -0.15) is 0 Å². The highest BCUT2D eigenvalue weighted by Crippen LogP contribution is 2.43. The molecule has 2 aliphatic rings. The first-order chi connectivity index (χ1) is 12.0. The Hall–Kier alpha value is -1.36. The van der Waals surface area contributed by atoms with Crippen molar-refractivity contribution in [2.45, 2.75) is 57.7 Å². The summed E-state index contributed by atoms with van der Waals surface area (Å²) in [5.41, 5.74) is 0.557. The summed E-state index contributed by atoms with van der Waals surface area (Å²) in [6, 6.07) is 7.74. The molecule has 1 saturated carbocycles. The van der Waals surface area contributed by atoms with Crippen molar-refractivity contribution in [3.05, 3.63) is 40.4 Å². The molecule has 5 heteroatoms. The maximum absolute atomic E-state index is 12.7. The SMILES string of the molecule is CCOC(=O)C1=C(c2ccccc2Cl)CN(C2CCCCC2)C1(C)O. The van der Waals surface area contributed by atoms with Crippen LogP contribution in [0.4, 0.5) is 0 Å². The molecule has 1 aliphatic carbocycles. The number of esters is 1. The van der Waals surface area contributed by atoms with Crippen molar-refractivity contribution >= 4 is 23.1 Å². The summed E-state index contributed by atoms with van der Waals surface area (Å²) < 4.78 is 5.26. The lowest BCUT2D eigenvalue weighted by Gasteiger charge is -2.40. The van der Waals surface area contributed by atoms with E-state index in [1.807, 2.05) is 24.3 Å². The first-order valence-corrected chi connectivity index (χ1v) is 9.49.